The van der Waals surface area contributed by atoms with Gasteiger partial charge < -0.3 is 10.2 Å². The maximum absolute atomic E-state index is 11.1. The minimum absolute atomic E-state index is 0.147. The van der Waals surface area contributed by atoms with Gasteiger partial charge in [0.2, 0.25) is 5.43 Å². The predicted octanol–water partition coefficient (Wildman–Crippen LogP) is 1.24. The Morgan fingerprint density at radius 1 is 1.33 bits per heavy atom. The van der Waals surface area contributed by atoms with E-state index in [-0.39, 0.29) is 12.2 Å². The molecule has 1 aromatic rings. The first-order chi connectivity index (χ1) is 7.11. The van der Waals surface area contributed by atoms with Crippen LogP contribution in [0.3, 0.4) is 0 Å². The Bertz CT molecular complexity index is 449. The summed E-state index contributed by atoms with van der Waals surface area (Å²) in [4.78, 5) is 21.4. The van der Waals surface area contributed by atoms with Crippen LogP contribution in [0.5, 0.6) is 5.75 Å². The molecule has 0 bridgehead atoms. The van der Waals surface area contributed by atoms with E-state index in [0.29, 0.717) is 5.56 Å². The van der Waals surface area contributed by atoms with Gasteiger partial charge in [0.05, 0.1) is 6.42 Å². The molecule has 0 aliphatic rings. The highest BCUT2D eigenvalue weighted by molar-refractivity contribution is 5.70. The molecule has 1 rings (SSSR count). The largest absolute Gasteiger partial charge is 0.504 e. The van der Waals surface area contributed by atoms with E-state index in [1.54, 1.807) is 6.07 Å². The van der Waals surface area contributed by atoms with E-state index >= 15 is 0 Å². The van der Waals surface area contributed by atoms with E-state index in [1.807, 2.05) is 0 Å². The highest BCUT2D eigenvalue weighted by Gasteiger charge is 1.99. The van der Waals surface area contributed by atoms with Crippen LogP contribution in [0.2, 0.25) is 0 Å². The van der Waals surface area contributed by atoms with Gasteiger partial charge in [-0.2, -0.15) is 0 Å². The van der Waals surface area contributed by atoms with E-state index in [2.05, 4.69) is 0 Å². The number of carboxylic acid groups (broad SMARTS) is 1. The van der Waals surface area contributed by atoms with Crippen LogP contribution in [0, 0.1) is 0 Å². The van der Waals surface area contributed by atoms with Gasteiger partial charge >= 0.3 is 5.97 Å². The number of rotatable bonds is 3. The minimum Gasteiger partial charge on any atom is -0.504 e. The lowest BCUT2D eigenvalue weighted by Gasteiger charge is -1.91. The molecule has 0 aliphatic carbocycles. The fourth-order valence-corrected chi connectivity index (χ4v) is 1.02. The Kier molecular flexibility index (Phi) is 3.62. The van der Waals surface area contributed by atoms with Gasteiger partial charge in [-0.3, -0.25) is 9.59 Å². The van der Waals surface area contributed by atoms with Crippen molar-refractivity contribution < 1.29 is 15.0 Å². The van der Waals surface area contributed by atoms with Gasteiger partial charge in [0.1, 0.15) is 0 Å². The highest BCUT2D eigenvalue weighted by atomic mass is 16.4. The Morgan fingerprint density at radius 2 is 2.00 bits per heavy atom. The fraction of sp³-hybridized carbons (Fsp3) is 0.0909. The third kappa shape index (κ3) is 3.27. The number of carboxylic acids is 1. The highest BCUT2D eigenvalue weighted by Crippen LogP contribution is 2.11. The molecule has 2 N–H and O–H groups in total. The van der Waals surface area contributed by atoms with E-state index in [4.69, 9.17) is 5.11 Å². The van der Waals surface area contributed by atoms with Crippen molar-refractivity contribution in [3.05, 3.63) is 46.1 Å². The number of hydrogen-bond donors (Lipinski definition) is 2. The zero-order valence-corrected chi connectivity index (χ0v) is 7.88. The first kappa shape index (κ1) is 11.0. The summed E-state index contributed by atoms with van der Waals surface area (Å²) >= 11 is 0. The van der Waals surface area contributed by atoms with E-state index in [9.17, 15) is 14.7 Å². The predicted molar refractivity (Wildman–Crippen MR) is 55.7 cm³/mol. The second kappa shape index (κ2) is 4.95. The molecule has 0 spiro atoms. The molecular formula is C11H10O4. The molecule has 1 aromatic carbocycles. The summed E-state index contributed by atoms with van der Waals surface area (Å²) < 4.78 is 0. The third-order valence-electron chi connectivity index (χ3n) is 1.73. The number of aliphatic carboxylic acids is 1. The van der Waals surface area contributed by atoms with Crippen molar-refractivity contribution in [2.45, 2.75) is 6.42 Å². The zero-order valence-electron chi connectivity index (χ0n) is 7.88. The summed E-state index contributed by atoms with van der Waals surface area (Å²) in [5.74, 6) is -1.34. The first-order valence-electron chi connectivity index (χ1n) is 4.32. The standard InChI is InChI=1S/C11H10O4/c12-9-6-2-1-4-8(11(9)15)5-3-7-10(13)14/h1-6H,7H2,(H,12,15)(H,13,14)/b5-3+. The van der Waals surface area contributed by atoms with Gasteiger partial charge in [-0.15, -0.1) is 0 Å². The monoisotopic (exact) mass is 206 g/mol. The van der Waals surface area contributed by atoms with Crippen molar-refractivity contribution >= 4 is 12.0 Å². The van der Waals surface area contributed by atoms with Crippen molar-refractivity contribution in [2.24, 2.45) is 0 Å². The van der Waals surface area contributed by atoms with Crippen LogP contribution >= 0.6 is 0 Å². The average Bonchev–Trinajstić information content (AvgIpc) is 2.32. The van der Waals surface area contributed by atoms with Gasteiger partial charge in [0.25, 0.3) is 0 Å². The quantitative estimate of drug-likeness (QED) is 0.780. The van der Waals surface area contributed by atoms with Crippen LogP contribution in [0.1, 0.15) is 12.0 Å². The number of aromatic hydroxyl groups is 1. The molecule has 15 heavy (non-hydrogen) atoms. The van der Waals surface area contributed by atoms with Crippen molar-refractivity contribution in [3.8, 4) is 5.75 Å². The molecular weight excluding hydrogens is 196 g/mol. The van der Waals surface area contributed by atoms with Gasteiger partial charge in [0.15, 0.2) is 5.75 Å². The third-order valence-corrected chi connectivity index (χ3v) is 1.73. The Labute approximate surface area is 86.1 Å². The first-order valence-corrected chi connectivity index (χ1v) is 4.32. The molecule has 78 valence electrons. The van der Waals surface area contributed by atoms with E-state index in [1.165, 1.54) is 30.4 Å². The lowest BCUT2D eigenvalue weighted by atomic mass is 10.2. The zero-order chi connectivity index (χ0) is 11.3. The molecule has 0 amide bonds. The molecule has 0 saturated heterocycles. The summed E-state index contributed by atoms with van der Waals surface area (Å²) in [5, 5.41) is 17.8. The number of carbonyl (C=O) groups is 1. The van der Waals surface area contributed by atoms with Crippen molar-refractivity contribution in [1.82, 2.24) is 0 Å². The maximum Gasteiger partial charge on any atom is 0.307 e. The van der Waals surface area contributed by atoms with Crippen molar-refractivity contribution in [1.29, 1.82) is 0 Å². The molecule has 0 saturated carbocycles. The molecule has 0 fully saturated rings. The van der Waals surface area contributed by atoms with Crippen LogP contribution in [-0.2, 0) is 4.79 Å². The molecule has 4 nitrogen and oxygen atoms in total. The summed E-state index contributed by atoms with van der Waals surface area (Å²) in [7, 11) is 0. The maximum atomic E-state index is 11.1. The molecule has 0 unspecified atom stereocenters. The Morgan fingerprint density at radius 3 is 2.67 bits per heavy atom. The Hall–Kier alpha value is -2.10. The normalized spacial score (nSPS) is 10.4. The molecule has 0 aromatic heterocycles. The smallest absolute Gasteiger partial charge is 0.307 e. The van der Waals surface area contributed by atoms with Crippen LogP contribution in [0.15, 0.2) is 35.1 Å². The van der Waals surface area contributed by atoms with Crippen LogP contribution in [0.4, 0.5) is 0 Å². The molecule has 0 aliphatic heterocycles. The van der Waals surface area contributed by atoms with Crippen LogP contribution < -0.4 is 5.43 Å². The summed E-state index contributed by atoms with van der Waals surface area (Å²) in [6, 6.07) is 5.89. The fourth-order valence-electron chi connectivity index (χ4n) is 1.02. The molecule has 0 radical (unpaired) electrons. The SMILES string of the molecule is O=C(O)C/C=C/c1ccccc(=O)c1O. The molecule has 4 heteroatoms. The summed E-state index contributed by atoms with van der Waals surface area (Å²) in [5.41, 5.74) is -0.179. The van der Waals surface area contributed by atoms with Crippen LogP contribution in [-0.4, -0.2) is 16.2 Å². The molecule has 0 atom stereocenters. The summed E-state index contributed by atoms with van der Waals surface area (Å²) in [6.07, 6.45) is 2.63. The van der Waals surface area contributed by atoms with Crippen molar-refractivity contribution in [3.63, 3.8) is 0 Å². The lowest BCUT2D eigenvalue weighted by molar-refractivity contribution is -0.135. The number of hydrogen-bond acceptors (Lipinski definition) is 3. The lowest BCUT2D eigenvalue weighted by Crippen LogP contribution is -1.94. The average molecular weight is 206 g/mol. The van der Waals surface area contributed by atoms with E-state index in [0.717, 1.165) is 0 Å². The summed E-state index contributed by atoms with van der Waals surface area (Å²) in [6.45, 7) is 0. The second-order valence-corrected chi connectivity index (χ2v) is 2.89. The van der Waals surface area contributed by atoms with Gasteiger partial charge in [0, 0.05) is 5.56 Å². The minimum atomic E-state index is -0.964. The van der Waals surface area contributed by atoms with Gasteiger partial charge in [-0.1, -0.05) is 30.4 Å². The van der Waals surface area contributed by atoms with Crippen LogP contribution in [0.25, 0.3) is 6.08 Å². The van der Waals surface area contributed by atoms with Gasteiger partial charge in [-0.25, -0.2) is 0 Å². The Balaban J connectivity index is 3.01. The topological polar surface area (TPSA) is 74.6 Å². The second-order valence-electron chi connectivity index (χ2n) is 2.89. The van der Waals surface area contributed by atoms with Crippen molar-refractivity contribution in [2.75, 3.05) is 0 Å². The van der Waals surface area contributed by atoms with Gasteiger partial charge in [-0.05, 0) is 6.07 Å². The van der Waals surface area contributed by atoms with E-state index < -0.39 is 11.4 Å². The molecule has 0 heterocycles.